The van der Waals surface area contributed by atoms with Crippen molar-refractivity contribution in [2.45, 2.75) is 13.0 Å². The fourth-order valence-electron chi connectivity index (χ4n) is 0.902. The van der Waals surface area contributed by atoms with Crippen molar-refractivity contribution >= 4 is 28.9 Å². The molecule has 1 aromatic heterocycles. The summed E-state index contributed by atoms with van der Waals surface area (Å²) in [6.07, 6.45) is 0. The van der Waals surface area contributed by atoms with Gasteiger partial charge in [-0.15, -0.1) is 11.3 Å². The number of carboxylic acid groups (broad SMARTS) is 1. The predicted molar refractivity (Wildman–Crippen MR) is 53.4 cm³/mol. The average molecular weight is 220 g/mol. The van der Waals surface area contributed by atoms with Crippen molar-refractivity contribution in [2.75, 3.05) is 6.54 Å². The van der Waals surface area contributed by atoms with Crippen molar-refractivity contribution in [3.63, 3.8) is 0 Å². The molecular weight excluding hydrogens is 210 g/mol. The number of rotatable bonds is 4. The summed E-state index contributed by atoms with van der Waals surface area (Å²) in [7, 11) is 0. The lowest BCUT2D eigenvalue weighted by Crippen LogP contribution is -2.24. The molecule has 5 heteroatoms. The first-order valence-corrected chi connectivity index (χ1v) is 4.99. The van der Waals surface area contributed by atoms with Gasteiger partial charge >= 0.3 is 5.97 Å². The first-order valence-electron chi connectivity index (χ1n) is 3.80. The third-order valence-corrected chi connectivity index (χ3v) is 2.99. The Bertz CT molecular complexity index is 300. The molecule has 72 valence electrons. The first-order chi connectivity index (χ1) is 6.09. The van der Waals surface area contributed by atoms with Crippen LogP contribution in [0.1, 0.15) is 17.8 Å². The summed E-state index contributed by atoms with van der Waals surface area (Å²) >= 11 is 7.20. The second-order valence-electron chi connectivity index (χ2n) is 2.64. The van der Waals surface area contributed by atoms with Gasteiger partial charge in [-0.1, -0.05) is 11.6 Å². The molecule has 0 bridgehead atoms. The zero-order valence-corrected chi connectivity index (χ0v) is 8.65. The van der Waals surface area contributed by atoms with Crippen LogP contribution in [-0.2, 0) is 4.79 Å². The molecule has 1 unspecified atom stereocenters. The lowest BCUT2D eigenvalue weighted by atomic mass is 10.3. The maximum Gasteiger partial charge on any atom is 0.317 e. The van der Waals surface area contributed by atoms with E-state index in [1.165, 1.54) is 11.3 Å². The highest BCUT2D eigenvalue weighted by molar-refractivity contribution is 7.16. The van der Waals surface area contributed by atoms with E-state index in [-0.39, 0.29) is 12.6 Å². The van der Waals surface area contributed by atoms with E-state index < -0.39 is 5.97 Å². The zero-order chi connectivity index (χ0) is 9.84. The Hall–Kier alpha value is -0.580. The average Bonchev–Trinajstić information content (AvgIpc) is 2.47. The third kappa shape index (κ3) is 3.34. The first kappa shape index (κ1) is 10.5. The molecular formula is C8H10ClNO2S. The van der Waals surface area contributed by atoms with E-state index in [1.54, 1.807) is 6.07 Å². The minimum atomic E-state index is -0.852. The summed E-state index contributed by atoms with van der Waals surface area (Å²) in [5, 5.41) is 11.3. The van der Waals surface area contributed by atoms with Crippen molar-refractivity contribution in [1.29, 1.82) is 0 Å². The molecule has 0 amide bonds. The van der Waals surface area contributed by atoms with Crippen molar-refractivity contribution in [3.8, 4) is 0 Å². The normalized spacial score (nSPS) is 12.8. The maximum atomic E-state index is 10.3. The SMILES string of the molecule is CC(NCC(=O)O)c1ccc(Cl)s1. The highest BCUT2D eigenvalue weighted by Crippen LogP contribution is 2.26. The number of thiophene rings is 1. The van der Waals surface area contributed by atoms with Crippen LogP contribution < -0.4 is 5.32 Å². The van der Waals surface area contributed by atoms with Crippen molar-refractivity contribution in [3.05, 3.63) is 21.3 Å². The molecule has 13 heavy (non-hydrogen) atoms. The topological polar surface area (TPSA) is 49.3 Å². The van der Waals surface area contributed by atoms with E-state index in [0.29, 0.717) is 0 Å². The van der Waals surface area contributed by atoms with Gasteiger partial charge in [0.2, 0.25) is 0 Å². The quantitative estimate of drug-likeness (QED) is 0.816. The second-order valence-corrected chi connectivity index (χ2v) is 4.38. The number of hydrogen-bond acceptors (Lipinski definition) is 3. The van der Waals surface area contributed by atoms with Crippen molar-refractivity contribution in [2.24, 2.45) is 0 Å². The van der Waals surface area contributed by atoms with Gasteiger partial charge in [-0.25, -0.2) is 0 Å². The van der Waals surface area contributed by atoms with Crippen molar-refractivity contribution < 1.29 is 9.90 Å². The lowest BCUT2D eigenvalue weighted by molar-refractivity contribution is -0.136. The van der Waals surface area contributed by atoms with E-state index in [2.05, 4.69) is 5.32 Å². The maximum absolute atomic E-state index is 10.3. The van der Waals surface area contributed by atoms with E-state index >= 15 is 0 Å². The van der Waals surface area contributed by atoms with E-state index in [9.17, 15) is 4.79 Å². The van der Waals surface area contributed by atoms with Crippen LogP contribution in [-0.4, -0.2) is 17.6 Å². The fourth-order valence-corrected chi connectivity index (χ4v) is 1.99. The second kappa shape index (κ2) is 4.60. The van der Waals surface area contributed by atoms with E-state index in [4.69, 9.17) is 16.7 Å². The van der Waals surface area contributed by atoms with Gasteiger partial charge in [-0.05, 0) is 19.1 Å². The number of carboxylic acids is 1. The molecule has 1 rings (SSSR count). The molecule has 0 radical (unpaired) electrons. The van der Waals surface area contributed by atoms with Crippen LogP contribution in [0.3, 0.4) is 0 Å². The number of nitrogens with one attached hydrogen (secondary N) is 1. The van der Waals surface area contributed by atoms with Crippen LogP contribution in [0.2, 0.25) is 4.34 Å². The smallest absolute Gasteiger partial charge is 0.317 e. The van der Waals surface area contributed by atoms with Gasteiger partial charge in [0.15, 0.2) is 0 Å². The Balaban J connectivity index is 2.48. The summed E-state index contributed by atoms with van der Waals surface area (Å²) in [4.78, 5) is 11.3. The Morgan fingerprint density at radius 1 is 1.77 bits per heavy atom. The van der Waals surface area contributed by atoms with Crippen LogP contribution in [0.25, 0.3) is 0 Å². The van der Waals surface area contributed by atoms with Crippen LogP contribution in [0.5, 0.6) is 0 Å². The molecule has 0 spiro atoms. The van der Waals surface area contributed by atoms with Gasteiger partial charge in [-0.2, -0.15) is 0 Å². The summed E-state index contributed by atoms with van der Waals surface area (Å²) in [5.41, 5.74) is 0. The van der Waals surface area contributed by atoms with E-state index in [1.807, 2.05) is 13.0 Å². The summed E-state index contributed by atoms with van der Waals surface area (Å²) < 4.78 is 0.721. The van der Waals surface area contributed by atoms with Crippen LogP contribution in [0.15, 0.2) is 12.1 Å². The summed E-state index contributed by atoms with van der Waals surface area (Å²) in [5.74, 6) is -0.852. The molecule has 3 nitrogen and oxygen atoms in total. The third-order valence-electron chi connectivity index (χ3n) is 1.58. The van der Waals surface area contributed by atoms with Gasteiger partial charge in [0.1, 0.15) is 0 Å². The summed E-state index contributed by atoms with van der Waals surface area (Å²) in [6.45, 7) is 1.88. The molecule has 0 saturated heterocycles. The molecule has 0 aliphatic heterocycles. The molecule has 0 saturated carbocycles. The Morgan fingerprint density at radius 2 is 2.46 bits per heavy atom. The molecule has 0 fully saturated rings. The lowest BCUT2D eigenvalue weighted by Gasteiger charge is -2.08. The van der Waals surface area contributed by atoms with E-state index in [0.717, 1.165) is 9.21 Å². The van der Waals surface area contributed by atoms with Crippen LogP contribution in [0, 0.1) is 0 Å². The van der Waals surface area contributed by atoms with Crippen molar-refractivity contribution in [1.82, 2.24) is 5.32 Å². The van der Waals surface area contributed by atoms with Gasteiger partial charge in [0.05, 0.1) is 10.9 Å². The molecule has 0 aliphatic rings. The highest BCUT2D eigenvalue weighted by Gasteiger charge is 2.08. The minimum absolute atomic E-state index is 0.0311. The molecule has 1 atom stereocenters. The predicted octanol–water partition coefficient (Wildman–Crippen LogP) is 2.14. The van der Waals surface area contributed by atoms with Gasteiger partial charge in [0, 0.05) is 10.9 Å². The number of hydrogen-bond donors (Lipinski definition) is 2. The number of halogens is 1. The molecule has 1 aromatic rings. The van der Waals surface area contributed by atoms with Crippen LogP contribution in [0.4, 0.5) is 0 Å². The zero-order valence-electron chi connectivity index (χ0n) is 7.08. The monoisotopic (exact) mass is 219 g/mol. The van der Waals surface area contributed by atoms with Crippen LogP contribution >= 0.6 is 22.9 Å². The Labute approximate surface area is 85.3 Å². The van der Waals surface area contributed by atoms with Gasteiger partial charge in [0.25, 0.3) is 0 Å². The molecule has 2 N–H and O–H groups in total. The molecule has 0 aliphatic carbocycles. The van der Waals surface area contributed by atoms with Gasteiger partial charge < -0.3 is 5.11 Å². The minimum Gasteiger partial charge on any atom is -0.480 e. The largest absolute Gasteiger partial charge is 0.480 e. The Morgan fingerprint density at radius 3 is 2.92 bits per heavy atom. The fraction of sp³-hybridized carbons (Fsp3) is 0.375. The highest BCUT2D eigenvalue weighted by atomic mass is 35.5. The standard InChI is InChI=1S/C8H10ClNO2S/c1-5(10-4-8(11)12)6-2-3-7(9)13-6/h2-3,5,10H,4H2,1H3,(H,11,12). The van der Waals surface area contributed by atoms with Gasteiger partial charge in [-0.3, -0.25) is 10.1 Å². The molecule has 1 heterocycles. The number of carbonyl (C=O) groups is 1. The summed E-state index contributed by atoms with van der Waals surface area (Å²) in [6, 6.07) is 3.74. The Kier molecular flexibility index (Phi) is 3.71. The molecule has 0 aromatic carbocycles. The number of aliphatic carboxylic acids is 1.